The molecule has 0 aliphatic carbocycles. The van der Waals surface area contributed by atoms with Crippen LogP contribution in [0.1, 0.15) is 64.9 Å². The summed E-state index contributed by atoms with van der Waals surface area (Å²) in [6, 6.07) is 4.12. The second-order valence-electron chi connectivity index (χ2n) is 7.18. The Bertz CT molecular complexity index is 677. The summed E-state index contributed by atoms with van der Waals surface area (Å²) in [5.74, 6) is -0.187. The average Bonchev–Trinajstić information content (AvgIpc) is 2.58. The lowest BCUT2D eigenvalue weighted by atomic mass is 10.1. The summed E-state index contributed by atoms with van der Waals surface area (Å²) in [5, 5.41) is 11.3. The first kappa shape index (κ1) is 23.9. The van der Waals surface area contributed by atoms with Crippen LogP contribution in [-0.2, 0) is 25.7 Å². The highest BCUT2D eigenvalue weighted by Gasteiger charge is 2.16. The Kier molecular flexibility index (Phi) is 10.5. The standard InChI is InChI=1S/C20H28ClNO6/c1-14(2)11-15(3)28-20(24)8-6-4-5-7-19(23)27-13-16-12-17(21)9-10-18(16)22(25)26/h9-10,12,14-15H,4-8,11,13H2,1-3H3. The van der Waals surface area contributed by atoms with Gasteiger partial charge in [-0.25, -0.2) is 0 Å². The summed E-state index contributed by atoms with van der Waals surface area (Å²) in [7, 11) is 0. The largest absolute Gasteiger partial charge is 0.463 e. The van der Waals surface area contributed by atoms with Crippen molar-refractivity contribution in [3.8, 4) is 0 Å². The van der Waals surface area contributed by atoms with Crippen LogP contribution in [0.3, 0.4) is 0 Å². The van der Waals surface area contributed by atoms with E-state index in [1.54, 1.807) is 0 Å². The summed E-state index contributed by atoms with van der Waals surface area (Å²) in [5.41, 5.74) is 0.117. The Hall–Kier alpha value is -2.15. The van der Waals surface area contributed by atoms with Crippen molar-refractivity contribution in [2.75, 3.05) is 0 Å². The van der Waals surface area contributed by atoms with Crippen LogP contribution in [-0.4, -0.2) is 23.0 Å². The topological polar surface area (TPSA) is 95.7 Å². The van der Waals surface area contributed by atoms with Gasteiger partial charge in [-0.05, 0) is 44.2 Å². The molecular weight excluding hydrogens is 386 g/mol. The molecule has 0 amide bonds. The Morgan fingerprint density at radius 2 is 1.75 bits per heavy atom. The number of rotatable bonds is 12. The number of benzene rings is 1. The third-order valence-corrected chi connectivity index (χ3v) is 4.26. The molecule has 28 heavy (non-hydrogen) atoms. The number of ether oxygens (including phenoxy) is 2. The van der Waals surface area contributed by atoms with Crippen molar-refractivity contribution in [2.24, 2.45) is 5.92 Å². The zero-order valence-corrected chi connectivity index (χ0v) is 17.4. The Balaban J connectivity index is 2.24. The van der Waals surface area contributed by atoms with Crippen molar-refractivity contribution >= 4 is 29.2 Å². The Morgan fingerprint density at radius 1 is 1.11 bits per heavy atom. The van der Waals surface area contributed by atoms with Crippen molar-refractivity contribution in [3.63, 3.8) is 0 Å². The maximum absolute atomic E-state index is 11.8. The molecule has 0 aliphatic heterocycles. The van der Waals surface area contributed by atoms with E-state index < -0.39 is 10.9 Å². The van der Waals surface area contributed by atoms with E-state index in [0.717, 1.165) is 6.42 Å². The van der Waals surface area contributed by atoms with Crippen LogP contribution in [0.2, 0.25) is 5.02 Å². The molecule has 0 bridgehead atoms. The van der Waals surface area contributed by atoms with Gasteiger partial charge in [-0.3, -0.25) is 19.7 Å². The fourth-order valence-corrected chi connectivity index (χ4v) is 2.98. The normalized spacial score (nSPS) is 11.9. The van der Waals surface area contributed by atoms with Gasteiger partial charge < -0.3 is 9.47 Å². The number of hydrogen-bond donors (Lipinski definition) is 0. The minimum atomic E-state index is -0.541. The number of esters is 2. The summed E-state index contributed by atoms with van der Waals surface area (Å²) in [6.07, 6.45) is 3.17. The van der Waals surface area contributed by atoms with Gasteiger partial charge in [0.05, 0.1) is 16.6 Å². The summed E-state index contributed by atoms with van der Waals surface area (Å²) in [6.45, 7) is 5.84. The number of nitro groups is 1. The van der Waals surface area contributed by atoms with Crippen molar-refractivity contribution in [1.82, 2.24) is 0 Å². The molecular formula is C20H28ClNO6. The van der Waals surface area contributed by atoms with Crippen LogP contribution in [0.25, 0.3) is 0 Å². The smallest absolute Gasteiger partial charge is 0.306 e. The molecule has 0 spiro atoms. The minimum Gasteiger partial charge on any atom is -0.463 e. The molecule has 1 rings (SSSR count). The molecule has 0 saturated carbocycles. The van der Waals surface area contributed by atoms with Gasteiger partial charge in [0.25, 0.3) is 5.69 Å². The molecule has 0 aliphatic rings. The number of carbonyl (C=O) groups excluding carboxylic acids is 2. The molecule has 8 heteroatoms. The maximum Gasteiger partial charge on any atom is 0.306 e. The first-order valence-corrected chi connectivity index (χ1v) is 9.84. The predicted octanol–water partition coefficient (Wildman–Crippen LogP) is 5.22. The molecule has 1 unspecified atom stereocenters. The second kappa shape index (κ2) is 12.3. The van der Waals surface area contributed by atoms with Crippen LogP contribution in [0.5, 0.6) is 0 Å². The monoisotopic (exact) mass is 413 g/mol. The molecule has 0 radical (unpaired) electrons. The first-order valence-electron chi connectivity index (χ1n) is 9.47. The summed E-state index contributed by atoms with van der Waals surface area (Å²) >= 11 is 5.84. The van der Waals surface area contributed by atoms with Crippen LogP contribution in [0.15, 0.2) is 18.2 Å². The van der Waals surface area contributed by atoms with Gasteiger partial charge in [-0.1, -0.05) is 31.9 Å². The van der Waals surface area contributed by atoms with Gasteiger partial charge in [0.1, 0.15) is 6.61 Å². The third kappa shape index (κ3) is 9.69. The fourth-order valence-electron chi connectivity index (χ4n) is 2.79. The molecule has 156 valence electrons. The number of nitrogens with zero attached hydrogens (tertiary/aromatic N) is 1. The number of nitro benzene ring substituents is 1. The van der Waals surface area contributed by atoms with E-state index in [2.05, 4.69) is 13.8 Å². The highest BCUT2D eigenvalue weighted by Crippen LogP contribution is 2.23. The molecule has 7 nitrogen and oxygen atoms in total. The quantitative estimate of drug-likeness (QED) is 0.202. The first-order chi connectivity index (χ1) is 13.2. The third-order valence-electron chi connectivity index (χ3n) is 4.02. The molecule has 0 N–H and O–H groups in total. The molecule has 0 aromatic heterocycles. The molecule has 0 saturated heterocycles. The number of unbranched alkanes of at least 4 members (excludes halogenated alkanes) is 2. The van der Waals surface area contributed by atoms with E-state index in [0.29, 0.717) is 36.6 Å². The van der Waals surface area contributed by atoms with Crippen molar-refractivity contribution in [2.45, 2.75) is 72.0 Å². The summed E-state index contributed by atoms with van der Waals surface area (Å²) in [4.78, 5) is 34.0. The Morgan fingerprint density at radius 3 is 2.36 bits per heavy atom. The van der Waals surface area contributed by atoms with E-state index >= 15 is 0 Å². The van der Waals surface area contributed by atoms with Crippen LogP contribution >= 0.6 is 11.6 Å². The predicted molar refractivity (Wildman–Crippen MR) is 106 cm³/mol. The van der Waals surface area contributed by atoms with Gasteiger partial charge >= 0.3 is 11.9 Å². The number of carbonyl (C=O) groups is 2. The number of hydrogen-bond acceptors (Lipinski definition) is 6. The fraction of sp³-hybridized carbons (Fsp3) is 0.600. The van der Waals surface area contributed by atoms with Crippen LogP contribution in [0.4, 0.5) is 5.69 Å². The number of halogens is 1. The van der Waals surface area contributed by atoms with Gasteiger partial charge in [0.15, 0.2) is 0 Å². The van der Waals surface area contributed by atoms with Gasteiger partial charge in [-0.2, -0.15) is 0 Å². The lowest BCUT2D eigenvalue weighted by Crippen LogP contribution is -2.16. The molecule has 1 aromatic rings. The molecule has 1 atom stereocenters. The van der Waals surface area contributed by atoms with E-state index in [1.807, 2.05) is 6.92 Å². The van der Waals surface area contributed by atoms with E-state index in [-0.39, 0.29) is 36.4 Å². The van der Waals surface area contributed by atoms with Crippen molar-refractivity contribution < 1.29 is 24.0 Å². The molecule has 1 aromatic carbocycles. The van der Waals surface area contributed by atoms with Gasteiger partial charge in [0.2, 0.25) is 0 Å². The maximum atomic E-state index is 11.8. The second-order valence-corrected chi connectivity index (χ2v) is 7.62. The highest BCUT2D eigenvalue weighted by atomic mass is 35.5. The minimum absolute atomic E-state index is 0.0852. The van der Waals surface area contributed by atoms with E-state index in [9.17, 15) is 19.7 Å². The highest BCUT2D eigenvalue weighted by molar-refractivity contribution is 6.30. The average molecular weight is 414 g/mol. The van der Waals surface area contributed by atoms with Crippen LogP contribution in [0, 0.1) is 16.0 Å². The lowest BCUT2D eigenvalue weighted by molar-refractivity contribution is -0.385. The lowest BCUT2D eigenvalue weighted by Gasteiger charge is -2.15. The van der Waals surface area contributed by atoms with Crippen molar-refractivity contribution in [3.05, 3.63) is 38.9 Å². The van der Waals surface area contributed by atoms with Crippen LogP contribution < -0.4 is 0 Å². The zero-order chi connectivity index (χ0) is 21.1. The van der Waals surface area contributed by atoms with Gasteiger partial charge in [-0.15, -0.1) is 0 Å². The molecule has 0 fully saturated rings. The van der Waals surface area contributed by atoms with E-state index in [4.69, 9.17) is 21.1 Å². The van der Waals surface area contributed by atoms with E-state index in [1.165, 1.54) is 18.2 Å². The Labute approximate surface area is 170 Å². The van der Waals surface area contributed by atoms with Crippen molar-refractivity contribution in [1.29, 1.82) is 0 Å². The van der Waals surface area contributed by atoms with Gasteiger partial charge in [0, 0.05) is 23.9 Å². The summed E-state index contributed by atoms with van der Waals surface area (Å²) < 4.78 is 10.4. The zero-order valence-electron chi connectivity index (χ0n) is 16.6. The SMILES string of the molecule is CC(C)CC(C)OC(=O)CCCCCC(=O)OCc1cc(Cl)ccc1[N+](=O)[O-]. The molecule has 0 heterocycles.